The number of hydrogen-bond acceptors (Lipinski definition) is 2. The predicted octanol–water partition coefficient (Wildman–Crippen LogP) is 3.96. The van der Waals surface area contributed by atoms with Gasteiger partial charge in [-0.3, -0.25) is 0 Å². The fraction of sp³-hybridized carbons (Fsp3) is 0.0769. The van der Waals surface area contributed by atoms with Crippen LogP contribution in [0.25, 0.3) is 11.1 Å². The first kappa shape index (κ1) is 15.2. The van der Waals surface area contributed by atoms with Crippen molar-refractivity contribution >= 4 is 23.8 Å². The van der Waals surface area contributed by atoms with E-state index in [-0.39, 0.29) is 23.7 Å². The summed E-state index contributed by atoms with van der Waals surface area (Å²) in [4.78, 5) is 0. The van der Waals surface area contributed by atoms with Crippen molar-refractivity contribution in [3.63, 3.8) is 0 Å². The Hall–Kier alpha value is -1.88. The zero-order valence-corrected chi connectivity index (χ0v) is 10.6. The van der Waals surface area contributed by atoms with E-state index in [1.54, 1.807) is 24.3 Å². The molecule has 0 radical (unpaired) electrons. The second-order valence-electron chi connectivity index (χ2n) is 3.92. The minimum Gasteiger partial charge on any atom is -0.399 e. The Bertz CT molecular complexity index is 565. The SMILES string of the molecule is Cl.Nc1ccc(-c2ccc(N)cc2C(F)(F)F)cc1. The molecule has 0 spiro atoms. The van der Waals surface area contributed by atoms with Gasteiger partial charge in [0.15, 0.2) is 0 Å². The molecule has 2 aromatic carbocycles. The Kier molecular flexibility index (Phi) is 4.32. The van der Waals surface area contributed by atoms with Gasteiger partial charge < -0.3 is 11.5 Å². The highest BCUT2D eigenvalue weighted by Gasteiger charge is 2.33. The summed E-state index contributed by atoms with van der Waals surface area (Å²) in [6.07, 6.45) is -4.44. The molecule has 2 nitrogen and oxygen atoms in total. The molecule has 0 aliphatic rings. The molecule has 102 valence electrons. The molecule has 0 unspecified atom stereocenters. The molecule has 2 aromatic rings. The number of benzene rings is 2. The van der Waals surface area contributed by atoms with E-state index in [2.05, 4.69) is 0 Å². The number of hydrogen-bond donors (Lipinski definition) is 2. The maximum atomic E-state index is 12.9. The van der Waals surface area contributed by atoms with Gasteiger partial charge in [-0.05, 0) is 35.4 Å². The third-order valence-electron chi connectivity index (χ3n) is 2.57. The summed E-state index contributed by atoms with van der Waals surface area (Å²) < 4.78 is 38.7. The van der Waals surface area contributed by atoms with Crippen LogP contribution < -0.4 is 11.5 Å². The molecule has 0 aliphatic carbocycles. The van der Waals surface area contributed by atoms with Crippen molar-refractivity contribution in [2.24, 2.45) is 0 Å². The Labute approximate surface area is 114 Å². The van der Waals surface area contributed by atoms with E-state index in [4.69, 9.17) is 11.5 Å². The van der Waals surface area contributed by atoms with Gasteiger partial charge in [0, 0.05) is 11.4 Å². The fourth-order valence-electron chi connectivity index (χ4n) is 1.71. The maximum absolute atomic E-state index is 12.9. The molecule has 19 heavy (non-hydrogen) atoms. The predicted molar refractivity (Wildman–Crippen MR) is 73.0 cm³/mol. The summed E-state index contributed by atoms with van der Waals surface area (Å²) in [5, 5.41) is 0. The van der Waals surface area contributed by atoms with E-state index >= 15 is 0 Å². The number of alkyl halides is 3. The summed E-state index contributed by atoms with van der Waals surface area (Å²) in [5.41, 5.74) is 11.3. The zero-order chi connectivity index (χ0) is 13.3. The summed E-state index contributed by atoms with van der Waals surface area (Å²) in [6.45, 7) is 0. The molecule has 0 amide bonds. The first-order valence-corrected chi connectivity index (χ1v) is 5.20. The largest absolute Gasteiger partial charge is 0.417 e. The van der Waals surface area contributed by atoms with Crippen LogP contribution in [0.5, 0.6) is 0 Å². The third kappa shape index (κ3) is 3.32. The lowest BCUT2D eigenvalue weighted by atomic mass is 9.98. The first-order valence-electron chi connectivity index (χ1n) is 5.20. The lowest BCUT2D eigenvalue weighted by Crippen LogP contribution is -2.08. The molecule has 0 fully saturated rings. The molecule has 0 saturated carbocycles. The molecule has 2 rings (SSSR count). The van der Waals surface area contributed by atoms with Crippen LogP contribution in [0.2, 0.25) is 0 Å². The van der Waals surface area contributed by atoms with Crippen molar-refractivity contribution in [1.29, 1.82) is 0 Å². The van der Waals surface area contributed by atoms with Crippen LogP contribution in [0.15, 0.2) is 42.5 Å². The van der Waals surface area contributed by atoms with Crippen molar-refractivity contribution in [3.05, 3.63) is 48.0 Å². The molecular formula is C13H12ClF3N2. The lowest BCUT2D eigenvalue weighted by Gasteiger charge is -2.13. The third-order valence-corrected chi connectivity index (χ3v) is 2.57. The standard InChI is InChI=1S/C13H11F3N2.ClH/c14-13(15,16)12-7-10(18)5-6-11(12)8-1-3-9(17)4-2-8;/h1-7H,17-18H2;1H. The Morgan fingerprint density at radius 2 is 1.32 bits per heavy atom. The van der Waals surface area contributed by atoms with Gasteiger partial charge in [-0.25, -0.2) is 0 Å². The molecule has 0 bridgehead atoms. The van der Waals surface area contributed by atoms with Crippen molar-refractivity contribution in [3.8, 4) is 11.1 Å². The molecule has 6 heteroatoms. The highest BCUT2D eigenvalue weighted by atomic mass is 35.5. The van der Waals surface area contributed by atoms with Crippen molar-refractivity contribution < 1.29 is 13.2 Å². The minimum absolute atomic E-state index is 0. The average molecular weight is 289 g/mol. The summed E-state index contributed by atoms with van der Waals surface area (Å²) >= 11 is 0. The average Bonchev–Trinajstić information content (AvgIpc) is 2.29. The summed E-state index contributed by atoms with van der Waals surface area (Å²) in [5.74, 6) is 0. The number of halogens is 4. The van der Waals surface area contributed by atoms with E-state index < -0.39 is 11.7 Å². The van der Waals surface area contributed by atoms with Gasteiger partial charge >= 0.3 is 6.18 Å². The van der Waals surface area contributed by atoms with Crippen LogP contribution >= 0.6 is 12.4 Å². The van der Waals surface area contributed by atoms with E-state index in [9.17, 15) is 13.2 Å². The first-order chi connectivity index (χ1) is 8.38. The molecule has 4 N–H and O–H groups in total. The van der Waals surface area contributed by atoms with Gasteiger partial charge in [-0.2, -0.15) is 13.2 Å². The quantitative estimate of drug-likeness (QED) is 0.781. The Morgan fingerprint density at radius 3 is 1.84 bits per heavy atom. The molecule has 0 aliphatic heterocycles. The van der Waals surface area contributed by atoms with Crippen LogP contribution in [-0.2, 0) is 6.18 Å². The Balaban J connectivity index is 0.00000180. The van der Waals surface area contributed by atoms with Crippen molar-refractivity contribution in [2.45, 2.75) is 6.18 Å². The highest BCUT2D eigenvalue weighted by Crippen LogP contribution is 2.38. The van der Waals surface area contributed by atoms with Gasteiger partial charge in [-0.1, -0.05) is 18.2 Å². The highest BCUT2D eigenvalue weighted by molar-refractivity contribution is 5.85. The molecule has 0 heterocycles. The normalized spacial score (nSPS) is 10.9. The number of nitrogen functional groups attached to an aromatic ring is 2. The van der Waals surface area contributed by atoms with Crippen LogP contribution in [0.4, 0.5) is 24.5 Å². The fourth-order valence-corrected chi connectivity index (χ4v) is 1.71. The van der Waals surface area contributed by atoms with Crippen molar-refractivity contribution in [1.82, 2.24) is 0 Å². The van der Waals surface area contributed by atoms with E-state index in [1.807, 2.05) is 0 Å². The van der Waals surface area contributed by atoms with Crippen molar-refractivity contribution in [2.75, 3.05) is 11.5 Å². The van der Waals surface area contributed by atoms with Crippen LogP contribution in [0, 0.1) is 0 Å². The van der Waals surface area contributed by atoms with E-state index in [1.165, 1.54) is 12.1 Å². The smallest absolute Gasteiger partial charge is 0.399 e. The maximum Gasteiger partial charge on any atom is 0.417 e. The van der Waals surface area contributed by atoms with Gasteiger partial charge in [-0.15, -0.1) is 12.4 Å². The molecule has 0 aromatic heterocycles. The summed E-state index contributed by atoms with van der Waals surface area (Å²) in [7, 11) is 0. The van der Waals surface area contributed by atoms with Crippen LogP contribution in [0.3, 0.4) is 0 Å². The van der Waals surface area contributed by atoms with E-state index in [0.717, 1.165) is 6.07 Å². The molecule has 0 atom stereocenters. The van der Waals surface area contributed by atoms with Gasteiger partial charge in [0.05, 0.1) is 5.56 Å². The minimum atomic E-state index is -4.44. The Morgan fingerprint density at radius 1 is 0.789 bits per heavy atom. The molecular weight excluding hydrogens is 277 g/mol. The second-order valence-corrected chi connectivity index (χ2v) is 3.92. The zero-order valence-electron chi connectivity index (χ0n) is 9.74. The number of rotatable bonds is 1. The van der Waals surface area contributed by atoms with Gasteiger partial charge in [0.1, 0.15) is 0 Å². The second kappa shape index (κ2) is 5.40. The monoisotopic (exact) mass is 288 g/mol. The van der Waals surface area contributed by atoms with Gasteiger partial charge in [0.25, 0.3) is 0 Å². The van der Waals surface area contributed by atoms with Gasteiger partial charge in [0.2, 0.25) is 0 Å². The number of anilines is 2. The number of nitrogens with two attached hydrogens (primary N) is 2. The molecule has 0 saturated heterocycles. The van der Waals surface area contributed by atoms with E-state index in [0.29, 0.717) is 11.3 Å². The van der Waals surface area contributed by atoms with Crippen LogP contribution in [0.1, 0.15) is 5.56 Å². The summed E-state index contributed by atoms with van der Waals surface area (Å²) in [6, 6.07) is 9.97. The lowest BCUT2D eigenvalue weighted by molar-refractivity contribution is -0.137. The van der Waals surface area contributed by atoms with Crippen LogP contribution in [-0.4, -0.2) is 0 Å². The topological polar surface area (TPSA) is 52.0 Å².